The van der Waals surface area contributed by atoms with E-state index in [-0.39, 0.29) is 5.82 Å². The number of hydrogen-bond donors (Lipinski definition) is 0. The van der Waals surface area contributed by atoms with Crippen LogP contribution in [0, 0.1) is 5.82 Å². The first kappa shape index (κ1) is 24.7. The quantitative estimate of drug-likeness (QED) is 0.238. The van der Waals surface area contributed by atoms with Gasteiger partial charge in [-0.15, -0.1) is 0 Å². The summed E-state index contributed by atoms with van der Waals surface area (Å²) in [5, 5.41) is 0. The van der Waals surface area contributed by atoms with Crippen LogP contribution in [0.25, 0.3) is 33.4 Å². The monoisotopic (exact) mass is 484 g/mol. The minimum Gasteiger partial charge on any atom is -0.206 e. The summed E-state index contributed by atoms with van der Waals surface area (Å²) in [6.45, 7) is 0. The summed E-state index contributed by atoms with van der Waals surface area (Å²) < 4.78 is 14.2. The average Bonchev–Trinajstić information content (AvgIpc) is 2.99. The second-order valence-corrected chi connectivity index (χ2v) is 9.75. The zero-order chi connectivity index (χ0) is 25.3. The summed E-state index contributed by atoms with van der Waals surface area (Å²) >= 11 is 0. The maximum absolute atomic E-state index is 14.2. The van der Waals surface area contributed by atoms with Gasteiger partial charge >= 0.3 is 0 Å². The number of halogens is 1. The van der Waals surface area contributed by atoms with Gasteiger partial charge in [0.1, 0.15) is 5.82 Å². The lowest BCUT2D eigenvalue weighted by Gasteiger charge is -2.22. The highest BCUT2D eigenvalue weighted by Crippen LogP contribution is 2.33. The smallest absolute Gasteiger partial charge is 0.131 e. The molecule has 1 heteroatoms. The first-order valence-corrected chi connectivity index (χ1v) is 13.3. The Kier molecular flexibility index (Phi) is 8.23. The van der Waals surface area contributed by atoms with E-state index in [1.165, 1.54) is 48.8 Å². The number of hydrogen-bond acceptors (Lipinski definition) is 0. The van der Waals surface area contributed by atoms with Crippen LogP contribution in [0.3, 0.4) is 0 Å². The van der Waals surface area contributed by atoms with Crippen LogP contribution < -0.4 is 0 Å². The molecule has 1 fully saturated rings. The summed E-state index contributed by atoms with van der Waals surface area (Å²) in [5.74, 6) is 0.621. The van der Waals surface area contributed by atoms with Crippen molar-refractivity contribution in [3.8, 4) is 33.4 Å². The normalized spacial score (nSPS) is 13.4. The van der Waals surface area contributed by atoms with E-state index >= 15 is 0 Å². The van der Waals surface area contributed by atoms with Crippen LogP contribution in [-0.2, 0) is 0 Å². The first-order chi connectivity index (χ1) is 18.3. The standard InChI is InChI=1S/C18H13F.C18H20/c19-18-13-16(14-7-3-1-4-8-14)11-12-17(18)15-9-5-2-6-10-15;1-3-7-15(8-4-1)17-11-13-18(14-12-17)16-9-5-2-6-10-16/h1-13H;1,3-4,7-8,11-14,16H,2,5-6,9-10H2. The Morgan fingerprint density at radius 1 is 0.432 bits per heavy atom. The Labute approximate surface area is 220 Å². The molecular weight excluding hydrogens is 451 g/mol. The fraction of sp³-hybridized carbons (Fsp3) is 0.167. The Bertz CT molecular complexity index is 1370. The van der Waals surface area contributed by atoms with Gasteiger partial charge in [-0.1, -0.05) is 147 Å². The highest BCUT2D eigenvalue weighted by Gasteiger charge is 2.15. The molecule has 0 heterocycles. The minimum absolute atomic E-state index is 0.187. The highest BCUT2D eigenvalue weighted by atomic mass is 19.1. The molecule has 5 aromatic rings. The third-order valence-electron chi connectivity index (χ3n) is 7.26. The van der Waals surface area contributed by atoms with Crippen LogP contribution in [0.15, 0.2) is 133 Å². The SMILES string of the molecule is Fc1cc(-c2ccccc2)ccc1-c1ccccc1.c1ccc(-c2ccc(C3CCCCC3)cc2)cc1. The lowest BCUT2D eigenvalue weighted by molar-refractivity contribution is 0.443. The zero-order valence-corrected chi connectivity index (χ0v) is 21.2. The topological polar surface area (TPSA) is 0 Å². The molecule has 1 aliphatic carbocycles. The molecule has 0 spiro atoms. The fourth-order valence-corrected chi connectivity index (χ4v) is 5.19. The van der Waals surface area contributed by atoms with Crippen molar-refractivity contribution in [2.45, 2.75) is 38.0 Å². The van der Waals surface area contributed by atoms with Gasteiger partial charge in [-0.3, -0.25) is 0 Å². The van der Waals surface area contributed by atoms with Crippen molar-refractivity contribution in [1.29, 1.82) is 0 Å². The molecule has 0 N–H and O–H groups in total. The maximum atomic E-state index is 14.2. The van der Waals surface area contributed by atoms with E-state index in [1.807, 2.05) is 72.8 Å². The lowest BCUT2D eigenvalue weighted by Crippen LogP contribution is -2.04. The molecule has 0 aliphatic heterocycles. The van der Waals surface area contributed by atoms with E-state index in [0.717, 1.165) is 22.6 Å². The predicted octanol–water partition coefficient (Wildman–Crippen LogP) is 10.6. The molecular formula is C36H33F. The van der Waals surface area contributed by atoms with E-state index < -0.39 is 0 Å². The number of rotatable bonds is 4. The largest absolute Gasteiger partial charge is 0.206 e. The van der Waals surface area contributed by atoms with Gasteiger partial charge in [-0.25, -0.2) is 4.39 Å². The van der Waals surface area contributed by atoms with Crippen molar-refractivity contribution < 1.29 is 4.39 Å². The van der Waals surface area contributed by atoms with Gasteiger partial charge in [0, 0.05) is 5.56 Å². The molecule has 0 unspecified atom stereocenters. The maximum Gasteiger partial charge on any atom is 0.131 e. The van der Waals surface area contributed by atoms with Crippen LogP contribution in [0.2, 0.25) is 0 Å². The highest BCUT2D eigenvalue weighted by molar-refractivity contribution is 5.71. The van der Waals surface area contributed by atoms with Gasteiger partial charge in [-0.2, -0.15) is 0 Å². The van der Waals surface area contributed by atoms with E-state index in [9.17, 15) is 4.39 Å². The third-order valence-corrected chi connectivity index (χ3v) is 7.26. The Morgan fingerprint density at radius 3 is 1.43 bits per heavy atom. The fourth-order valence-electron chi connectivity index (χ4n) is 5.19. The first-order valence-electron chi connectivity index (χ1n) is 13.3. The summed E-state index contributed by atoms with van der Waals surface area (Å²) in [6, 6.07) is 44.7. The summed E-state index contributed by atoms with van der Waals surface area (Å²) in [5.41, 5.74) is 7.65. The van der Waals surface area contributed by atoms with Crippen LogP contribution in [0.1, 0.15) is 43.6 Å². The molecule has 1 saturated carbocycles. The Hall–Kier alpha value is -3.97. The van der Waals surface area contributed by atoms with Gasteiger partial charge in [0.2, 0.25) is 0 Å². The van der Waals surface area contributed by atoms with Gasteiger partial charge in [0.25, 0.3) is 0 Å². The lowest BCUT2D eigenvalue weighted by atomic mass is 9.84. The molecule has 37 heavy (non-hydrogen) atoms. The van der Waals surface area contributed by atoms with Crippen LogP contribution >= 0.6 is 0 Å². The summed E-state index contributed by atoms with van der Waals surface area (Å²) in [7, 11) is 0. The van der Waals surface area contributed by atoms with Crippen LogP contribution in [0.5, 0.6) is 0 Å². The van der Waals surface area contributed by atoms with Gasteiger partial charge in [0.15, 0.2) is 0 Å². The van der Waals surface area contributed by atoms with Gasteiger partial charge in [-0.05, 0) is 58.2 Å². The van der Waals surface area contributed by atoms with Crippen LogP contribution in [0.4, 0.5) is 4.39 Å². The van der Waals surface area contributed by atoms with Gasteiger partial charge < -0.3 is 0 Å². The summed E-state index contributed by atoms with van der Waals surface area (Å²) in [6.07, 6.45) is 7.00. The molecule has 0 aromatic heterocycles. The molecule has 0 nitrogen and oxygen atoms in total. The van der Waals surface area contributed by atoms with E-state index in [1.54, 1.807) is 6.07 Å². The van der Waals surface area contributed by atoms with Crippen LogP contribution in [-0.4, -0.2) is 0 Å². The zero-order valence-electron chi connectivity index (χ0n) is 21.2. The molecule has 0 amide bonds. The molecule has 0 atom stereocenters. The van der Waals surface area contributed by atoms with E-state index in [2.05, 4.69) is 54.6 Å². The minimum atomic E-state index is -0.187. The van der Waals surface area contributed by atoms with Crippen molar-refractivity contribution >= 4 is 0 Å². The predicted molar refractivity (Wildman–Crippen MR) is 155 cm³/mol. The molecule has 184 valence electrons. The van der Waals surface area contributed by atoms with E-state index in [0.29, 0.717) is 5.56 Å². The Morgan fingerprint density at radius 2 is 0.892 bits per heavy atom. The van der Waals surface area contributed by atoms with Crippen molar-refractivity contribution in [1.82, 2.24) is 0 Å². The van der Waals surface area contributed by atoms with Crippen molar-refractivity contribution in [2.24, 2.45) is 0 Å². The second kappa shape index (κ2) is 12.3. The van der Waals surface area contributed by atoms with Crippen molar-refractivity contribution in [3.05, 3.63) is 145 Å². The van der Waals surface area contributed by atoms with E-state index in [4.69, 9.17) is 0 Å². The average molecular weight is 485 g/mol. The van der Waals surface area contributed by atoms with Crippen molar-refractivity contribution in [3.63, 3.8) is 0 Å². The summed E-state index contributed by atoms with van der Waals surface area (Å²) in [4.78, 5) is 0. The van der Waals surface area contributed by atoms with Gasteiger partial charge in [0.05, 0.1) is 0 Å². The molecule has 6 rings (SSSR count). The number of benzene rings is 5. The molecule has 0 radical (unpaired) electrons. The van der Waals surface area contributed by atoms with Crippen molar-refractivity contribution in [2.75, 3.05) is 0 Å². The molecule has 0 bridgehead atoms. The molecule has 1 aliphatic rings. The molecule has 5 aromatic carbocycles. The second-order valence-electron chi connectivity index (χ2n) is 9.75. The third kappa shape index (κ3) is 6.43. The molecule has 0 saturated heterocycles. The Balaban J connectivity index is 0.000000152.